The van der Waals surface area contributed by atoms with E-state index in [9.17, 15) is 14.3 Å². The molecule has 7 nitrogen and oxygen atoms in total. The van der Waals surface area contributed by atoms with E-state index in [1.54, 1.807) is 0 Å². The summed E-state index contributed by atoms with van der Waals surface area (Å²) in [7, 11) is 1.85. The Balaban J connectivity index is 2.24. The molecule has 124 valence electrons. The van der Waals surface area contributed by atoms with Crippen molar-refractivity contribution >= 4 is 24.7 Å². The lowest BCUT2D eigenvalue weighted by Crippen LogP contribution is -2.37. The third kappa shape index (κ3) is 8.93. The molecule has 1 aliphatic heterocycles. The highest BCUT2D eigenvalue weighted by atomic mass is 32.2. The molecule has 1 rings (SSSR count). The summed E-state index contributed by atoms with van der Waals surface area (Å²) in [6.07, 6.45) is 0.354. The van der Waals surface area contributed by atoms with Gasteiger partial charge in [-0.15, -0.1) is 0 Å². The zero-order valence-electron chi connectivity index (χ0n) is 13.0. The maximum Gasteiger partial charge on any atom is 0.472 e. The van der Waals surface area contributed by atoms with Gasteiger partial charge in [-0.2, -0.15) is 0 Å². The summed E-state index contributed by atoms with van der Waals surface area (Å²) in [5.41, 5.74) is 0. The first-order valence-corrected chi connectivity index (χ1v) is 9.16. The number of ether oxygens (including phenoxy) is 1. The largest absolute Gasteiger partial charge is 0.472 e. The molecular weight excluding hydrogens is 317 g/mol. The van der Waals surface area contributed by atoms with Crippen molar-refractivity contribution in [3.8, 4) is 0 Å². The van der Waals surface area contributed by atoms with Crippen LogP contribution in [0, 0.1) is 0 Å². The molecule has 1 aliphatic rings. The van der Waals surface area contributed by atoms with E-state index in [1.807, 2.05) is 21.1 Å². The first-order chi connectivity index (χ1) is 9.57. The quantitative estimate of drug-likeness (QED) is 0.525. The van der Waals surface area contributed by atoms with Gasteiger partial charge in [0, 0.05) is 12.2 Å². The van der Waals surface area contributed by atoms with Gasteiger partial charge in [-0.05, 0) is 6.42 Å². The van der Waals surface area contributed by atoms with Crippen LogP contribution in [0.5, 0.6) is 0 Å². The molecule has 0 bridgehead atoms. The lowest BCUT2D eigenvalue weighted by molar-refractivity contribution is -0.870. The zero-order chi connectivity index (χ0) is 16.1. The standard InChI is InChI=1S/C12H24NO6PS/c1-10(14)21-12-7-11(17-9-12)8-19-20(15,16)18-6-5-13(2,3)4/h11-12H,5-9H2,1-4H3/p+1/t11-,12-/m1/s1. The molecule has 3 atom stereocenters. The Morgan fingerprint density at radius 1 is 1.43 bits per heavy atom. The number of hydrogen-bond donors (Lipinski definition) is 1. The van der Waals surface area contributed by atoms with E-state index in [0.29, 0.717) is 24.1 Å². The SMILES string of the molecule is CC(=O)S[C@H]1CO[C@@H](COP(=O)(O)OCC[N+](C)(C)C)C1. The molecule has 21 heavy (non-hydrogen) atoms. The summed E-state index contributed by atoms with van der Waals surface area (Å²) >= 11 is 1.23. The Morgan fingerprint density at radius 3 is 2.67 bits per heavy atom. The molecule has 0 aromatic rings. The van der Waals surface area contributed by atoms with Crippen LogP contribution >= 0.6 is 19.6 Å². The number of phosphoric acid groups is 1. The van der Waals surface area contributed by atoms with Crippen LogP contribution in [0.4, 0.5) is 0 Å². The van der Waals surface area contributed by atoms with Crippen LogP contribution < -0.4 is 0 Å². The van der Waals surface area contributed by atoms with Crippen molar-refractivity contribution in [1.82, 2.24) is 0 Å². The van der Waals surface area contributed by atoms with Crippen molar-refractivity contribution in [3.05, 3.63) is 0 Å². The maximum absolute atomic E-state index is 11.7. The van der Waals surface area contributed by atoms with Gasteiger partial charge in [0.2, 0.25) is 0 Å². The molecule has 0 spiro atoms. The molecule has 1 unspecified atom stereocenters. The first kappa shape index (κ1) is 19.1. The van der Waals surface area contributed by atoms with Crippen LogP contribution in [-0.4, -0.2) is 73.4 Å². The number of phosphoric ester groups is 1. The summed E-state index contributed by atoms with van der Waals surface area (Å²) in [6, 6.07) is 0. The van der Waals surface area contributed by atoms with Crippen molar-refractivity contribution in [1.29, 1.82) is 0 Å². The Bertz CT molecular complexity index is 400. The van der Waals surface area contributed by atoms with E-state index >= 15 is 0 Å². The van der Waals surface area contributed by atoms with E-state index in [1.165, 1.54) is 18.7 Å². The number of quaternary nitrogens is 1. The summed E-state index contributed by atoms with van der Waals surface area (Å²) < 4.78 is 27.6. The molecule has 0 aromatic heterocycles. The fraction of sp³-hybridized carbons (Fsp3) is 0.917. The van der Waals surface area contributed by atoms with Gasteiger partial charge in [0.1, 0.15) is 13.2 Å². The highest BCUT2D eigenvalue weighted by molar-refractivity contribution is 8.14. The van der Waals surface area contributed by atoms with Gasteiger partial charge < -0.3 is 14.1 Å². The van der Waals surface area contributed by atoms with Gasteiger partial charge in [0.05, 0.1) is 40.5 Å². The number of nitrogens with zero attached hydrogens (tertiary/aromatic N) is 1. The third-order valence-electron chi connectivity index (χ3n) is 2.82. The van der Waals surface area contributed by atoms with Gasteiger partial charge in [0.15, 0.2) is 5.12 Å². The van der Waals surface area contributed by atoms with Gasteiger partial charge in [-0.3, -0.25) is 13.8 Å². The maximum atomic E-state index is 11.7. The Morgan fingerprint density at radius 2 is 2.10 bits per heavy atom. The minimum Gasteiger partial charge on any atom is -0.375 e. The van der Waals surface area contributed by atoms with Crippen molar-refractivity contribution in [2.45, 2.75) is 24.7 Å². The molecule has 1 heterocycles. The molecule has 9 heteroatoms. The molecule has 0 saturated carbocycles. The molecule has 0 amide bonds. The molecular formula is C12H25NO6PS+. The van der Waals surface area contributed by atoms with E-state index in [0.717, 1.165) is 0 Å². The number of thioether (sulfide) groups is 1. The zero-order valence-corrected chi connectivity index (χ0v) is 14.7. The minimum atomic E-state index is -4.04. The first-order valence-electron chi connectivity index (χ1n) is 6.78. The van der Waals surface area contributed by atoms with Gasteiger partial charge in [-0.25, -0.2) is 4.57 Å². The highest BCUT2D eigenvalue weighted by Gasteiger charge is 2.30. The Kier molecular flexibility index (Phi) is 7.33. The minimum absolute atomic E-state index is 0.00683. The van der Waals surface area contributed by atoms with Crippen LogP contribution in [0.2, 0.25) is 0 Å². The predicted octanol–water partition coefficient (Wildman–Crippen LogP) is 1.26. The average molecular weight is 342 g/mol. The third-order valence-corrected chi connectivity index (χ3v) is 4.79. The fourth-order valence-corrected chi connectivity index (χ4v) is 3.42. The Hall–Kier alpha value is 0.0500. The van der Waals surface area contributed by atoms with Crippen LogP contribution in [0.25, 0.3) is 0 Å². The number of hydrogen-bond acceptors (Lipinski definition) is 6. The summed E-state index contributed by atoms with van der Waals surface area (Å²) in [5.74, 6) is 0. The second-order valence-electron chi connectivity index (χ2n) is 6.03. The van der Waals surface area contributed by atoms with E-state index in [4.69, 9.17) is 13.8 Å². The average Bonchev–Trinajstić information content (AvgIpc) is 2.71. The van der Waals surface area contributed by atoms with Crippen molar-refractivity contribution in [2.75, 3.05) is 47.5 Å². The number of carbonyl (C=O) groups is 1. The number of likely N-dealkylation sites (N-methyl/N-ethyl adjacent to an activating group) is 1. The molecule has 0 aliphatic carbocycles. The smallest absolute Gasteiger partial charge is 0.375 e. The van der Waals surface area contributed by atoms with Crippen molar-refractivity contribution in [2.24, 2.45) is 0 Å². The van der Waals surface area contributed by atoms with E-state index in [-0.39, 0.29) is 29.7 Å². The summed E-state index contributed by atoms with van der Waals surface area (Å²) in [4.78, 5) is 20.6. The second-order valence-corrected chi connectivity index (χ2v) is 8.96. The van der Waals surface area contributed by atoms with Crippen molar-refractivity contribution in [3.63, 3.8) is 0 Å². The molecule has 1 saturated heterocycles. The highest BCUT2D eigenvalue weighted by Crippen LogP contribution is 2.43. The monoisotopic (exact) mass is 342 g/mol. The predicted molar refractivity (Wildman–Crippen MR) is 81.0 cm³/mol. The van der Waals surface area contributed by atoms with Crippen LogP contribution in [0.15, 0.2) is 0 Å². The molecule has 0 aromatic carbocycles. The van der Waals surface area contributed by atoms with Gasteiger partial charge >= 0.3 is 7.82 Å². The summed E-state index contributed by atoms with van der Waals surface area (Å²) in [6.45, 7) is 2.71. The molecule has 1 fully saturated rings. The van der Waals surface area contributed by atoms with E-state index in [2.05, 4.69) is 0 Å². The topological polar surface area (TPSA) is 82.1 Å². The number of rotatable bonds is 8. The van der Waals surface area contributed by atoms with Crippen LogP contribution in [-0.2, 0) is 23.1 Å². The van der Waals surface area contributed by atoms with Crippen molar-refractivity contribution < 1.29 is 32.5 Å². The summed E-state index contributed by atoms with van der Waals surface area (Å²) in [5, 5.41) is 0.134. The number of carbonyl (C=O) groups excluding carboxylic acids is 1. The van der Waals surface area contributed by atoms with Crippen LogP contribution in [0.1, 0.15) is 13.3 Å². The lowest BCUT2D eigenvalue weighted by Gasteiger charge is -2.24. The van der Waals surface area contributed by atoms with Gasteiger partial charge in [0.25, 0.3) is 0 Å². The van der Waals surface area contributed by atoms with Crippen LogP contribution in [0.3, 0.4) is 0 Å². The fourth-order valence-electron chi connectivity index (χ4n) is 1.75. The van der Waals surface area contributed by atoms with Gasteiger partial charge in [-0.1, -0.05) is 11.8 Å². The second kappa shape index (κ2) is 8.06. The lowest BCUT2D eigenvalue weighted by atomic mass is 10.2. The Labute approximate surface area is 130 Å². The van der Waals surface area contributed by atoms with E-state index < -0.39 is 7.82 Å². The molecule has 0 radical (unpaired) electrons. The normalized spacial score (nSPS) is 25.8. The molecule has 1 N–H and O–H groups in total.